The third kappa shape index (κ3) is 5.01. The Balaban J connectivity index is 1.78. The number of benzene rings is 1. The van der Waals surface area contributed by atoms with E-state index in [0.717, 1.165) is 10.4 Å². The first-order valence-corrected chi connectivity index (χ1v) is 10.3. The molecule has 7 heteroatoms. The van der Waals surface area contributed by atoms with Gasteiger partial charge in [-0.3, -0.25) is 0 Å². The molecular formula is C18H18FNO3S2. The van der Waals surface area contributed by atoms with E-state index < -0.39 is 15.8 Å². The summed E-state index contributed by atoms with van der Waals surface area (Å²) in [6.07, 6.45) is 3.69. The van der Waals surface area contributed by atoms with E-state index in [-0.39, 0.29) is 12.3 Å². The molecule has 0 aliphatic rings. The number of furan rings is 1. The van der Waals surface area contributed by atoms with Crippen molar-refractivity contribution < 1.29 is 17.2 Å². The molecular weight excluding hydrogens is 361 g/mol. The number of nitrogens with zero attached hydrogens (tertiary/aromatic N) is 1. The van der Waals surface area contributed by atoms with Crippen LogP contribution in [0.15, 0.2) is 64.8 Å². The fourth-order valence-electron chi connectivity index (χ4n) is 2.52. The molecule has 0 spiro atoms. The molecule has 0 fully saturated rings. The molecule has 0 aliphatic heterocycles. The van der Waals surface area contributed by atoms with Crippen LogP contribution in [-0.4, -0.2) is 19.3 Å². The summed E-state index contributed by atoms with van der Waals surface area (Å²) in [5.41, 5.74) is 1.22. The molecule has 4 nitrogen and oxygen atoms in total. The highest BCUT2D eigenvalue weighted by molar-refractivity contribution is 7.88. The number of rotatable bonds is 8. The summed E-state index contributed by atoms with van der Waals surface area (Å²) in [4.78, 5) is 1.12. The maximum Gasteiger partial charge on any atom is 0.218 e. The molecule has 0 radical (unpaired) electrons. The molecule has 0 saturated heterocycles. The molecule has 0 unspecified atom stereocenters. The van der Waals surface area contributed by atoms with Gasteiger partial charge >= 0.3 is 0 Å². The van der Waals surface area contributed by atoms with E-state index in [1.165, 1.54) is 35.0 Å². The quantitative estimate of drug-likeness (QED) is 0.593. The summed E-state index contributed by atoms with van der Waals surface area (Å²) in [6.45, 7) is 0.600. The minimum Gasteiger partial charge on any atom is -0.472 e. The number of sulfonamides is 1. The van der Waals surface area contributed by atoms with E-state index in [4.69, 9.17) is 4.42 Å². The fraction of sp³-hybridized carbons (Fsp3) is 0.222. The van der Waals surface area contributed by atoms with Crippen LogP contribution in [0, 0.1) is 5.82 Å². The largest absolute Gasteiger partial charge is 0.472 e. The summed E-state index contributed by atoms with van der Waals surface area (Å²) in [6, 6.07) is 11.4. The van der Waals surface area contributed by atoms with Gasteiger partial charge in [0.25, 0.3) is 0 Å². The van der Waals surface area contributed by atoms with Crippen molar-refractivity contribution in [1.82, 2.24) is 4.31 Å². The minimum absolute atomic E-state index is 0.229. The SMILES string of the molecule is O=S(=O)(Cc1cccc(F)c1)N(CCc1cccs1)Cc1ccoc1. The second-order valence-electron chi connectivity index (χ2n) is 5.68. The number of hydrogen-bond donors (Lipinski definition) is 0. The molecule has 2 heterocycles. The summed E-state index contributed by atoms with van der Waals surface area (Å²) in [7, 11) is -3.59. The van der Waals surface area contributed by atoms with Crippen molar-refractivity contribution in [2.24, 2.45) is 0 Å². The molecule has 1 aromatic carbocycles. The molecule has 3 rings (SSSR count). The molecule has 0 aliphatic carbocycles. The van der Waals surface area contributed by atoms with Crippen LogP contribution in [0.4, 0.5) is 4.39 Å². The first-order chi connectivity index (χ1) is 12.0. The maximum atomic E-state index is 13.4. The highest BCUT2D eigenvalue weighted by atomic mass is 32.2. The molecule has 3 aromatic rings. The zero-order chi connectivity index (χ0) is 17.7. The Kier molecular flexibility index (Phi) is 5.67. The van der Waals surface area contributed by atoms with Gasteiger partial charge in [0.05, 0.1) is 18.3 Å². The standard InChI is InChI=1S/C18H18FNO3S2/c19-17-4-1-3-15(11-17)14-25(21,22)20(12-16-7-9-23-13-16)8-6-18-5-2-10-24-18/h1-5,7,9-11,13H,6,8,12,14H2. The van der Waals surface area contributed by atoms with Gasteiger partial charge in [-0.1, -0.05) is 18.2 Å². The van der Waals surface area contributed by atoms with Crippen molar-refractivity contribution in [2.45, 2.75) is 18.7 Å². The molecule has 0 amide bonds. The molecule has 0 saturated carbocycles. The molecule has 25 heavy (non-hydrogen) atoms. The van der Waals surface area contributed by atoms with Gasteiger partial charge in [-0.2, -0.15) is 4.31 Å². The smallest absolute Gasteiger partial charge is 0.218 e. The van der Waals surface area contributed by atoms with Crippen molar-refractivity contribution in [2.75, 3.05) is 6.54 Å². The molecule has 2 aromatic heterocycles. The average molecular weight is 379 g/mol. The average Bonchev–Trinajstić information content (AvgIpc) is 3.24. The number of halogens is 1. The van der Waals surface area contributed by atoms with Crippen LogP contribution < -0.4 is 0 Å². The second kappa shape index (κ2) is 7.95. The van der Waals surface area contributed by atoms with E-state index >= 15 is 0 Å². The van der Waals surface area contributed by atoms with E-state index in [2.05, 4.69) is 0 Å². The van der Waals surface area contributed by atoms with E-state index in [0.29, 0.717) is 18.5 Å². The van der Waals surface area contributed by atoms with Gasteiger partial charge in [-0.05, 0) is 41.6 Å². The third-order valence-electron chi connectivity index (χ3n) is 3.76. The summed E-state index contributed by atoms with van der Waals surface area (Å²) >= 11 is 1.60. The van der Waals surface area contributed by atoms with Crippen LogP contribution in [0.25, 0.3) is 0 Å². The predicted octanol–water partition coefficient (Wildman–Crippen LogP) is 4.05. The Morgan fingerprint density at radius 1 is 1.12 bits per heavy atom. The zero-order valence-corrected chi connectivity index (χ0v) is 15.1. The van der Waals surface area contributed by atoms with Crippen LogP contribution in [0.5, 0.6) is 0 Å². The summed E-state index contributed by atoms with van der Waals surface area (Å²) in [5, 5.41) is 1.97. The van der Waals surface area contributed by atoms with Crippen molar-refractivity contribution in [1.29, 1.82) is 0 Å². The molecule has 0 atom stereocenters. The van der Waals surface area contributed by atoms with Crippen molar-refractivity contribution >= 4 is 21.4 Å². The Morgan fingerprint density at radius 2 is 2.00 bits per heavy atom. The van der Waals surface area contributed by atoms with Gasteiger partial charge in [0.2, 0.25) is 10.0 Å². The highest BCUT2D eigenvalue weighted by Crippen LogP contribution is 2.18. The maximum absolute atomic E-state index is 13.4. The Labute approximate surface area is 150 Å². The van der Waals surface area contributed by atoms with Gasteiger partial charge in [0, 0.05) is 23.5 Å². The number of hydrogen-bond acceptors (Lipinski definition) is 4. The Morgan fingerprint density at radius 3 is 2.68 bits per heavy atom. The molecule has 0 N–H and O–H groups in total. The van der Waals surface area contributed by atoms with Gasteiger partial charge < -0.3 is 4.42 Å². The zero-order valence-electron chi connectivity index (χ0n) is 13.5. The van der Waals surface area contributed by atoms with Crippen molar-refractivity contribution in [3.8, 4) is 0 Å². The van der Waals surface area contributed by atoms with Crippen LogP contribution >= 0.6 is 11.3 Å². The Hall–Kier alpha value is -1.96. The van der Waals surface area contributed by atoms with Crippen LogP contribution in [-0.2, 0) is 28.7 Å². The normalized spacial score (nSPS) is 11.9. The van der Waals surface area contributed by atoms with Crippen molar-refractivity contribution in [3.63, 3.8) is 0 Å². The number of thiophene rings is 1. The predicted molar refractivity (Wildman–Crippen MR) is 96.2 cm³/mol. The lowest BCUT2D eigenvalue weighted by molar-refractivity contribution is 0.407. The molecule has 0 bridgehead atoms. The van der Waals surface area contributed by atoms with Crippen LogP contribution in [0.2, 0.25) is 0 Å². The second-order valence-corrected chi connectivity index (χ2v) is 8.68. The monoisotopic (exact) mass is 379 g/mol. The topological polar surface area (TPSA) is 50.5 Å². The van der Waals surface area contributed by atoms with E-state index in [1.54, 1.807) is 23.5 Å². The minimum atomic E-state index is -3.59. The van der Waals surface area contributed by atoms with Crippen LogP contribution in [0.3, 0.4) is 0 Å². The van der Waals surface area contributed by atoms with E-state index in [1.807, 2.05) is 17.5 Å². The lowest BCUT2D eigenvalue weighted by Crippen LogP contribution is -2.33. The lowest BCUT2D eigenvalue weighted by Gasteiger charge is -2.21. The third-order valence-corrected chi connectivity index (χ3v) is 6.49. The summed E-state index contributed by atoms with van der Waals surface area (Å²) < 4.78 is 45.6. The lowest BCUT2D eigenvalue weighted by atomic mass is 10.2. The van der Waals surface area contributed by atoms with Gasteiger partial charge in [0.1, 0.15) is 5.82 Å². The summed E-state index contributed by atoms with van der Waals surface area (Å²) in [5.74, 6) is -0.666. The van der Waals surface area contributed by atoms with Gasteiger partial charge in [-0.25, -0.2) is 12.8 Å². The molecule has 132 valence electrons. The van der Waals surface area contributed by atoms with Crippen molar-refractivity contribution in [3.05, 3.63) is 82.2 Å². The Bertz CT molecular complexity index is 890. The first-order valence-electron chi connectivity index (χ1n) is 7.79. The van der Waals surface area contributed by atoms with Gasteiger partial charge in [0.15, 0.2) is 0 Å². The first kappa shape index (κ1) is 17.8. The van der Waals surface area contributed by atoms with Crippen LogP contribution in [0.1, 0.15) is 16.0 Å². The van der Waals surface area contributed by atoms with Gasteiger partial charge in [-0.15, -0.1) is 11.3 Å². The highest BCUT2D eigenvalue weighted by Gasteiger charge is 2.23. The van der Waals surface area contributed by atoms with E-state index in [9.17, 15) is 12.8 Å². The fourth-order valence-corrected chi connectivity index (χ4v) is 4.72.